The second-order valence-electron chi connectivity index (χ2n) is 18.3. The fourth-order valence-electron chi connectivity index (χ4n) is 11.9. The van der Waals surface area contributed by atoms with Gasteiger partial charge in [-0.2, -0.15) is 0 Å². The highest BCUT2D eigenvalue weighted by Gasteiger charge is 2.25. The number of hydrogen-bond acceptors (Lipinski definition) is 2. The van der Waals surface area contributed by atoms with Crippen LogP contribution in [0.1, 0.15) is 0 Å². The minimum atomic E-state index is 1.17. The van der Waals surface area contributed by atoms with Gasteiger partial charge in [-0.05, 0) is 115 Å². The molecule has 0 saturated carbocycles. The lowest BCUT2D eigenvalue weighted by atomic mass is 9.96. The average Bonchev–Trinajstić information content (AvgIpc) is 4.17. The maximum atomic E-state index is 2.55. The van der Waals surface area contributed by atoms with Crippen LogP contribution in [0.25, 0.3) is 150 Å². The molecule has 4 heterocycles. The molecule has 2 nitrogen and oxygen atoms in total. The van der Waals surface area contributed by atoms with Gasteiger partial charge < -0.3 is 9.13 Å². The fraction of sp³-hybridized carbons (Fsp3) is 0. The largest absolute Gasteiger partial charge is 0.308 e. The van der Waals surface area contributed by atoms with Gasteiger partial charge in [0.2, 0.25) is 0 Å². The first-order chi connectivity index (χ1) is 33.7. The van der Waals surface area contributed by atoms with Gasteiger partial charge >= 0.3 is 0 Å². The van der Waals surface area contributed by atoms with E-state index in [9.17, 15) is 0 Å². The van der Waals surface area contributed by atoms with Gasteiger partial charge in [-0.25, -0.2) is 0 Å². The molecule has 0 unspecified atom stereocenters. The molecular formula is C64H36N2S2. The predicted molar refractivity (Wildman–Crippen MR) is 296 cm³/mol. The van der Waals surface area contributed by atoms with E-state index in [1.807, 2.05) is 22.7 Å². The van der Waals surface area contributed by atoms with E-state index in [-0.39, 0.29) is 0 Å². The zero-order valence-corrected chi connectivity index (χ0v) is 38.1. The van der Waals surface area contributed by atoms with E-state index in [0.29, 0.717) is 0 Å². The van der Waals surface area contributed by atoms with Crippen LogP contribution in [0.3, 0.4) is 0 Å². The average molecular weight is 897 g/mol. The van der Waals surface area contributed by atoms with Gasteiger partial charge in [-0.15, -0.1) is 22.7 Å². The van der Waals surface area contributed by atoms with Crippen LogP contribution < -0.4 is 0 Å². The molecule has 0 atom stereocenters. The first-order valence-corrected chi connectivity index (χ1v) is 25.0. The highest BCUT2D eigenvalue weighted by molar-refractivity contribution is 7.27. The quantitative estimate of drug-likeness (QED) is 0.167. The molecule has 0 spiro atoms. The summed E-state index contributed by atoms with van der Waals surface area (Å²) in [7, 11) is 0. The summed E-state index contributed by atoms with van der Waals surface area (Å²) in [5.41, 5.74) is 9.72. The summed E-state index contributed by atoms with van der Waals surface area (Å²) in [4.78, 5) is 0. The van der Waals surface area contributed by atoms with Gasteiger partial charge in [0.25, 0.3) is 0 Å². The van der Waals surface area contributed by atoms with Gasteiger partial charge in [0.15, 0.2) is 0 Å². The number of fused-ring (bicyclic) bond motifs is 22. The van der Waals surface area contributed by atoms with Crippen molar-refractivity contribution < 1.29 is 0 Å². The summed E-state index contributed by atoms with van der Waals surface area (Å²) in [5.74, 6) is 0. The Labute approximate surface area is 397 Å². The van der Waals surface area contributed by atoms with Crippen LogP contribution >= 0.6 is 22.7 Å². The Kier molecular flexibility index (Phi) is 7.40. The Morgan fingerprint density at radius 2 is 0.632 bits per heavy atom. The Hall–Kier alpha value is -8.28. The van der Waals surface area contributed by atoms with Gasteiger partial charge in [-0.3, -0.25) is 0 Å². The molecule has 314 valence electrons. The summed E-state index contributed by atoms with van der Waals surface area (Å²) in [5, 5.41) is 20.6. The molecule has 0 amide bonds. The Bertz CT molecular complexity index is 4560. The van der Waals surface area contributed by atoms with Crippen molar-refractivity contribution in [3.63, 3.8) is 0 Å². The van der Waals surface area contributed by atoms with Gasteiger partial charge in [0.05, 0.1) is 31.5 Å². The SMILES string of the molecule is c1ccc2cc(-n3c4ccc(-c5ccc6c(c5)c5c7ccccc7c7c8ccccc8sc7c5n6-c5ccc6ccccc6c5)cc4c4c5ccccc5c5c6ccccc6sc5c43)ccc2c1. The van der Waals surface area contributed by atoms with E-state index in [2.05, 4.69) is 228 Å². The lowest BCUT2D eigenvalue weighted by molar-refractivity contribution is 1.19. The van der Waals surface area contributed by atoms with Crippen LogP contribution in [0, 0.1) is 0 Å². The molecule has 16 rings (SSSR count). The van der Waals surface area contributed by atoms with Crippen molar-refractivity contribution in [3.05, 3.63) is 218 Å². The number of nitrogens with zero attached hydrogens (tertiary/aromatic N) is 2. The second kappa shape index (κ2) is 13.6. The van der Waals surface area contributed by atoms with E-state index >= 15 is 0 Å². The van der Waals surface area contributed by atoms with Crippen LogP contribution in [-0.4, -0.2) is 9.13 Å². The van der Waals surface area contributed by atoms with Crippen molar-refractivity contribution in [1.82, 2.24) is 9.13 Å². The van der Waals surface area contributed by atoms with E-state index in [0.717, 1.165) is 0 Å². The highest BCUT2D eigenvalue weighted by atomic mass is 32.1. The number of rotatable bonds is 3. The molecule has 0 radical (unpaired) electrons. The van der Waals surface area contributed by atoms with Crippen molar-refractivity contribution >= 4 is 150 Å². The van der Waals surface area contributed by atoms with Crippen LogP contribution in [0.4, 0.5) is 0 Å². The molecule has 0 N–H and O–H groups in total. The molecule has 0 fully saturated rings. The normalized spacial score (nSPS) is 12.4. The molecule has 0 aliphatic heterocycles. The Balaban J connectivity index is 1.03. The fourth-order valence-corrected chi connectivity index (χ4v) is 14.4. The van der Waals surface area contributed by atoms with E-state index in [1.54, 1.807) is 0 Å². The van der Waals surface area contributed by atoms with Gasteiger partial charge in [-0.1, -0.05) is 158 Å². The van der Waals surface area contributed by atoms with Gasteiger partial charge in [0, 0.05) is 63.9 Å². The highest BCUT2D eigenvalue weighted by Crippen LogP contribution is 2.51. The molecule has 0 saturated heterocycles. The lowest BCUT2D eigenvalue weighted by Crippen LogP contribution is -1.94. The summed E-state index contributed by atoms with van der Waals surface area (Å²) in [6.45, 7) is 0. The number of benzene rings is 12. The maximum Gasteiger partial charge on any atom is 0.0726 e. The summed E-state index contributed by atoms with van der Waals surface area (Å²) in [6, 6.07) is 81.8. The van der Waals surface area contributed by atoms with Crippen LogP contribution in [0.15, 0.2) is 218 Å². The topological polar surface area (TPSA) is 9.86 Å². The van der Waals surface area contributed by atoms with Crippen molar-refractivity contribution in [3.8, 4) is 22.5 Å². The van der Waals surface area contributed by atoms with Gasteiger partial charge in [0.1, 0.15) is 0 Å². The van der Waals surface area contributed by atoms with Crippen LogP contribution in [0.2, 0.25) is 0 Å². The minimum absolute atomic E-state index is 1.17. The minimum Gasteiger partial charge on any atom is -0.308 e. The molecule has 0 aliphatic rings. The monoisotopic (exact) mass is 896 g/mol. The number of hydrogen-bond donors (Lipinski definition) is 0. The third-order valence-electron chi connectivity index (χ3n) is 14.8. The molecule has 4 heteroatoms. The van der Waals surface area contributed by atoms with Crippen molar-refractivity contribution in [2.45, 2.75) is 0 Å². The molecule has 16 aromatic rings. The van der Waals surface area contributed by atoms with Crippen molar-refractivity contribution in [1.29, 1.82) is 0 Å². The maximum absolute atomic E-state index is 2.55. The number of thiophene rings is 2. The standard InChI is InChI=1S/C64H36N2S2/c1-3-15-39-33-43(29-25-37(39)13-1)65-53-31-27-41(35-51(53)57-45-17-5-7-19-47(45)59-49-21-9-11-23-55(49)67-63(59)61(57)65)42-28-32-54-52(36-42)58-46-18-6-8-20-48(46)60-50-22-10-12-24-56(50)68-64(60)62(58)66(54)44-30-26-38-14-2-4-16-40(38)34-44/h1-36H. The second-order valence-corrected chi connectivity index (χ2v) is 20.4. The van der Waals surface area contributed by atoms with E-state index < -0.39 is 0 Å². The summed E-state index contributed by atoms with van der Waals surface area (Å²) >= 11 is 3.84. The third kappa shape index (κ3) is 4.95. The smallest absolute Gasteiger partial charge is 0.0726 e. The molecule has 12 aromatic carbocycles. The van der Waals surface area contributed by atoms with Crippen molar-refractivity contribution in [2.75, 3.05) is 0 Å². The van der Waals surface area contributed by atoms with Crippen molar-refractivity contribution in [2.24, 2.45) is 0 Å². The lowest BCUT2D eigenvalue weighted by Gasteiger charge is -2.11. The molecule has 68 heavy (non-hydrogen) atoms. The Morgan fingerprint density at radius 1 is 0.265 bits per heavy atom. The summed E-state index contributed by atoms with van der Waals surface area (Å²) < 4.78 is 10.4. The summed E-state index contributed by atoms with van der Waals surface area (Å²) in [6.07, 6.45) is 0. The van der Waals surface area contributed by atoms with E-state index in [4.69, 9.17) is 0 Å². The number of aromatic nitrogens is 2. The molecule has 0 aliphatic carbocycles. The first-order valence-electron chi connectivity index (χ1n) is 23.3. The van der Waals surface area contributed by atoms with E-state index in [1.165, 1.54) is 150 Å². The molecule has 4 aromatic heterocycles. The third-order valence-corrected chi connectivity index (χ3v) is 17.2. The first kappa shape index (κ1) is 36.9. The van der Waals surface area contributed by atoms with Crippen LogP contribution in [0.5, 0.6) is 0 Å². The molecular weight excluding hydrogens is 861 g/mol. The zero-order chi connectivity index (χ0) is 44.2. The van der Waals surface area contributed by atoms with Crippen LogP contribution in [-0.2, 0) is 0 Å². The zero-order valence-electron chi connectivity index (χ0n) is 36.5. The predicted octanol–water partition coefficient (Wildman–Crippen LogP) is 18.9. The Morgan fingerprint density at radius 3 is 1.07 bits per heavy atom. The molecule has 0 bridgehead atoms.